The number of para-hydroxylation sites is 1. The first-order chi connectivity index (χ1) is 8.95. The fourth-order valence-electron chi connectivity index (χ4n) is 1.86. The molecule has 1 atom stereocenters. The van der Waals surface area contributed by atoms with E-state index >= 15 is 0 Å². The molecule has 104 valence electrons. The van der Waals surface area contributed by atoms with E-state index < -0.39 is 5.97 Å². The minimum Gasteiger partial charge on any atom is -0.478 e. The summed E-state index contributed by atoms with van der Waals surface area (Å²) in [5.41, 5.74) is 1.20. The van der Waals surface area contributed by atoms with Gasteiger partial charge in [0.2, 0.25) is 5.91 Å². The lowest BCUT2D eigenvalue weighted by Gasteiger charge is -2.13. The second-order valence-corrected chi connectivity index (χ2v) is 4.62. The van der Waals surface area contributed by atoms with E-state index in [1.807, 2.05) is 6.92 Å². The van der Waals surface area contributed by atoms with Gasteiger partial charge >= 0.3 is 5.97 Å². The Morgan fingerprint density at radius 2 is 2.11 bits per heavy atom. The van der Waals surface area contributed by atoms with Crippen molar-refractivity contribution >= 4 is 17.6 Å². The molecule has 0 saturated carbocycles. The number of amides is 1. The molecule has 0 aromatic heterocycles. The highest BCUT2D eigenvalue weighted by molar-refractivity contribution is 6.01. The van der Waals surface area contributed by atoms with Crippen LogP contribution in [0.5, 0.6) is 0 Å². The lowest BCUT2D eigenvalue weighted by molar-refractivity contribution is -0.117. The van der Waals surface area contributed by atoms with Gasteiger partial charge in [-0.15, -0.1) is 0 Å². The maximum absolute atomic E-state index is 11.9. The van der Waals surface area contributed by atoms with Gasteiger partial charge in [0.15, 0.2) is 0 Å². The molecule has 1 rings (SSSR count). The number of benzene rings is 1. The zero-order valence-corrected chi connectivity index (χ0v) is 11.4. The van der Waals surface area contributed by atoms with Crippen LogP contribution in [0.4, 0.5) is 5.69 Å². The molecule has 1 amide bonds. The SMILES string of the molecule is COCC(C)CC(=O)Nc1c(C)cccc1C(=O)O. The number of aryl methyl sites for hydroxylation is 1. The van der Waals surface area contributed by atoms with Crippen molar-refractivity contribution in [2.24, 2.45) is 5.92 Å². The lowest BCUT2D eigenvalue weighted by Crippen LogP contribution is -2.19. The van der Waals surface area contributed by atoms with Crippen LogP contribution in [0.15, 0.2) is 18.2 Å². The number of anilines is 1. The minimum absolute atomic E-state index is 0.0855. The summed E-state index contributed by atoms with van der Waals surface area (Å²) in [6.45, 7) is 4.16. The van der Waals surface area contributed by atoms with E-state index in [2.05, 4.69) is 5.32 Å². The van der Waals surface area contributed by atoms with Crippen molar-refractivity contribution in [3.05, 3.63) is 29.3 Å². The van der Waals surface area contributed by atoms with Gasteiger partial charge in [-0.3, -0.25) is 4.79 Å². The smallest absolute Gasteiger partial charge is 0.337 e. The number of carbonyl (C=O) groups excluding carboxylic acids is 1. The molecular formula is C14H19NO4. The van der Waals surface area contributed by atoms with Gasteiger partial charge in [0, 0.05) is 20.1 Å². The second-order valence-electron chi connectivity index (χ2n) is 4.62. The molecule has 0 aliphatic heterocycles. The third-order valence-electron chi connectivity index (χ3n) is 2.75. The fraction of sp³-hybridized carbons (Fsp3) is 0.429. The largest absolute Gasteiger partial charge is 0.478 e. The van der Waals surface area contributed by atoms with Crippen LogP contribution in [-0.2, 0) is 9.53 Å². The van der Waals surface area contributed by atoms with Gasteiger partial charge in [0.1, 0.15) is 0 Å². The maximum atomic E-state index is 11.9. The molecule has 1 unspecified atom stereocenters. The number of hydrogen-bond donors (Lipinski definition) is 2. The van der Waals surface area contributed by atoms with Gasteiger partial charge in [-0.1, -0.05) is 19.1 Å². The number of ether oxygens (including phenoxy) is 1. The summed E-state index contributed by atoms with van der Waals surface area (Å²) in [4.78, 5) is 23.0. The van der Waals surface area contributed by atoms with Crippen LogP contribution in [0.2, 0.25) is 0 Å². The highest BCUT2D eigenvalue weighted by Crippen LogP contribution is 2.21. The number of carboxylic acids is 1. The van der Waals surface area contributed by atoms with E-state index in [0.29, 0.717) is 18.7 Å². The van der Waals surface area contributed by atoms with Crippen molar-refractivity contribution in [3.63, 3.8) is 0 Å². The van der Waals surface area contributed by atoms with Crippen molar-refractivity contribution in [2.75, 3.05) is 19.0 Å². The number of rotatable bonds is 6. The summed E-state index contributed by atoms with van der Waals surface area (Å²) in [5, 5.41) is 11.8. The Bertz CT molecular complexity index is 471. The monoisotopic (exact) mass is 265 g/mol. The maximum Gasteiger partial charge on any atom is 0.337 e. The third-order valence-corrected chi connectivity index (χ3v) is 2.75. The van der Waals surface area contributed by atoms with Gasteiger partial charge in [0.25, 0.3) is 0 Å². The molecule has 0 bridgehead atoms. The molecule has 0 radical (unpaired) electrons. The van der Waals surface area contributed by atoms with Gasteiger partial charge < -0.3 is 15.2 Å². The van der Waals surface area contributed by atoms with Crippen molar-refractivity contribution in [1.82, 2.24) is 0 Å². The normalized spacial score (nSPS) is 11.9. The molecular weight excluding hydrogens is 246 g/mol. The molecule has 5 nitrogen and oxygen atoms in total. The summed E-state index contributed by atoms with van der Waals surface area (Å²) < 4.78 is 4.97. The average Bonchev–Trinajstić information content (AvgIpc) is 2.31. The molecule has 19 heavy (non-hydrogen) atoms. The van der Waals surface area contributed by atoms with E-state index in [4.69, 9.17) is 9.84 Å². The second kappa shape index (κ2) is 6.89. The van der Waals surface area contributed by atoms with E-state index in [1.165, 1.54) is 6.07 Å². The molecule has 0 spiro atoms. The predicted molar refractivity (Wildman–Crippen MR) is 72.4 cm³/mol. The molecule has 0 fully saturated rings. The molecule has 5 heteroatoms. The summed E-state index contributed by atoms with van der Waals surface area (Å²) >= 11 is 0. The Hall–Kier alpha value is -1.88. The fourth-order valence-corrected chi connectivity index (χ4v) is 1.86. The van der Waals surface area contributed by atoms with Crippen LogP contribution in [0, 0.1) is 12.8 Å². The van der Waals surface area contributed by atoms with Crippen LogP contribution in [0.1, 0.15) is 29.3 Å². The molecule has 1 aromatic carbocycles. The molecule has 1 aromatic rings. The highest BCUT2D eigenvalue weighted by Gasteiger charge is 2.15. The first-order valence-corrected chi connectivity index (χ1v) is 6.07. The number of carboxylic acid groups (broad SMARTS) is 1. The van der Waals surface area contributed by atoms with E-state index in [1.54, 1.807) is 26.2 Å². The average molecular weight is 265 g/mol. The van der Waals surface area contributed by atoms with Crippen LogP contribution in [0.25, 0.3) is 0 Å². The Morgan fingerprint density at radius 1 is 1.42 bits per heavy atom. The van der Waals surface area contributed by atoms with Gasteiger partial charge in [-0.05, 0) is 24.5 Å². The van der Waals surface area contributed by atoms with Crippen LogP contribution in [0.3, 0.4) is 0 Å². The minimum atomic E-state index is -1.05. The highest BCUT2D eigenvalue weighted by atomic mass is 16.5. The Balaban J connectivity index is 2.82. The summed E-state index contributed by atoms with van der Waals surface area (Å²) in [6.07, 6.45) is 0.293. The van der Waals surface area contributed by atoms with E-state index in [9.17, 15) is 9.59 Å². The van der Waals surface area contributed by atoms with Crippen LogP contribution < -0.4 is 5.32 Å². The van der Waals surface area contributed by atoms with Gasteiger partial charge in [-0.25, -0.2) is 4.79 Å². The van der Waals surface area contributed by atoms with Crippen molar-refractivity contribution in [3.8, 4) is 0 Å². The number of methoxy groups -OCH3 is 1. The number of aromatic carboxylic acids is 1. The molecule has 0 aliphatic rings. The van der Waals surface area contributed by atoms with Crippen molar-refractivity contribution in [1.29, 1.82) is 0 Å². The first-order valence-electron chi connectivity index (χ1n) is 6.07. The van der Waals surface area contributed by atoms with Gasteiger partial charge in [0.05, 0.1) is 11.3 Å². The lowest BCUT2D eigenvalue weighted by atomic mass is 10.1. The number of nitrogens with one attached hydrogen (secondary N) is 1. The molecule has 0 saturated heterocycles. The number of hydrogen-bond acceptors (Lipinski definition) is 3. The van der Waals surface area contributed by atoms with Crippen molar-refractivity contribution in [2.45, 2.75) is 20.3 Å². The van der Waals surface area contributed by atoms with Crippen molar-refractivity contribution < 1.29 is 19.4 Å². The zero-order chi connectivity index (χ0) is 14.4. The summed E-state index contributed by atoms with van der Waals surface area (Å²) in [5.74, 6) is -1.17. The molecule has 0 heterocycles. The summed E-state index contributed by atoms with van der Waals surface area (Å²) in [7, 11) is 1.58. The predicted octanol–water partition coefficient (Wildman–Crippen LogP) is 2.30. The van der Waals surface area contributed by atoms with E-state index in [0.717, 1.165) is 5.56 Å². The topological polar surface area (TPSA) is 75.6 Å². The standard InChI is InChI=1S/C14H19NO4/c1-9(8-19-3)7-12(16)15-13-10(2)5-4-6-11(13)14(17)18/h4-6,9H,7-8H2,1-3H3,(H,15,16)(H,17,18). The van der Waals surface area contributed by atoms with E-state index in [-0.39, 0.29) is 17.4 Å². The molecule has 2 N–H and O–H groups in total. The van der Waals surface area contributed by atoms with Crippen LogP contribution >= 0.6 is 0 Å². The Morgan fingerprint density at radius 3 is 2.68 bits per heavy atom. The summed E-state index contributed by atoms with van der Waals surface area (Å²) in [6, 6.07) is 4.89. The Labute approximate surface area is 112 Å². The molecule has 0 aliphatic carbocycles. The quantitative estimate of drug-likeness (QED) is 0.827. The van der Waals surface area contributed by atoms with Gasteiger partial charge in [-0.2, -0.15) is 0 Å². The third kappa shape index (κ3) is 4.37. The first kappa shape index (κ1) is 15.2. The number of carbonyl (C=O) groups is 2. The van der Waals surface area contributed by atoms with Crippen LogP contribution in [-0.4, -0.2) is 30.7 Å². The Kier molecular flexibility index (Phi) is 5.51. The zero-order valence-electron chi connectivity index (χ0n) is 11.4.